The van der Waals surface area contributed by atoms with E-state index in [1.165, 1.54) is 11.8 Å². The summed E-state index contributed by atoms with van der Waals surface area (Å²) in [4.78, 5) is 46.8. The molecule has 148 valence electrons. The van der Waals surface area contributed by atoms with Gasteiger partial charge in [-0.05, 0) is 19.3 Å². The molecule has 1 aliphatic rings. The van der Waals surface area contributed by atoms with Gasteiger partial charge < -0.3 is 10.6 Å². The van der Waals surface area contributed by atoms with Gasteiger partial charge in [-0.25, -0.2) is 0 Å². The molecule has 2 unspecified atom stereocenters. The van der Waals surface area contributed by atoms with E-state index in [-0.39, 0.29) is 65.1 Å². The molecule has 0 aromatic heterocycles. The highest BCUT2D eigenvalue weighted by Gasteiger charge is 2.31. The second kappa shape index (κ2) is 11.5. The first kappa shape index (κ1) is 22.8. The van der Waals surface area contributed by atoms with Crippen LogP contribution in [0.5, 0.6) is 0 Å². The molecule has 2 N–H and O–H groups in total. The molecule has 0 saturated heterocycles. The fraction of sp³-hybridized carbons (Fsp3) is 0.789. The van der Waals surface area contributed by atoms with Crippen LogP contribution in [-0.4, -0.2) is 52.9 Å². The molecule has 0 spiro atoms. The SMILES string of the molecule is CC(C)NC(CCCCNC(=O)CSC1CC(=O)CC1=O)C(=O)C(C)C. The average molecular weight is 385 g/mol. The largest absolute Gasteiger partial charge is 0.355 e. The van der Waals surface area contributed by atoms with E-state index in [4.69, 9.17) is 0 Å². The molecule has 0 aromatic carbocycles. The van der Waals surface area contributed by atoms with Crippen LogP contribution in [-0.2, 0) is 19.2 Å². The molecule has 26 heavy (non-hydrogen) atoms. The summed E-state index contributed by atoms with van der Waals surface area (Å²) in [6, 6.07) is 0.122. The molecule has 7 heteroatoms. The van der Waals surface area contributed by atoms with Crippen molar-refractivity contribution >= 4 is 35.0 Å². The van der Waals surface area contributed by atoms with Gasteiger partial charge in [-0.2, -0.15) is 0 Å². The quantitative estimate of drug-likeness (QED) is 0.394. The number of hydrogen-bond acceptors (Lipinski definition) is 6. The number of ketones is 3. The normalized spacial score (nSPS) is 18.6. The Labute approximate surface area is 160 Å². The third-order valence-electron chi connectivity index (χ3n) is 4.25. The van der Waals surface area contributed by atoms with Gasteiger partial charge in [-0.15, -0.1) is 11.8 Å². The van der Waals surface area contributed by atoms with Crippen molar-refractivity contribution in [2.24, 2.45) is 5.92 Å². The molecule has 1 amide bonds. The van der Waals surface area contributed by atoms with E-state index >= 15 is 0 Å². The highest BCUT2D eigenvalue weighted by atomic mass is 32.2. The van der Waals surface area contributed by atoms with E-state index in [0.29, 0.717) is 6.54 Å². The van der Waals surface area contributed by atoms with Crippen LogP contribution in [0.2, 0.25) is 0 Å². The van der Waals surface area contributed by atoms with Gasteiger partial charge in [-0.1, -0.05) is 27.7 Å². The minimum Gasteiger partial charge on any atom is -0.355 e. The van der Waals surface area contributed by atoms with Gasteiger partial charge in [0.1, 0.15) is 5.78 Å². The third-order valence-corrected chi connectivity index (χ3v) is 5.51. The van der Waals surface area contributed by atoms with Crippen molar-refractivity contribution in [3.8, 4) is 0 Å². The lowest BCUT2D eigenvalue weighted by molar-refractivity contribution is -0.124. The summed E-state index contributed by atoms with van der Waals surface area (Å²) < 4.78 is 0. The number of thioether (sulfide) groups is 1. The van der Waals surface area contributed by atoms with Crippen LogP contribution >= 0.6 is 11.8 Å². The van der Waals surface area contributed by atoms with E-state index in [1.54, 1.807) is 0 Å². The zero-order valence-corrected chi connectivity index (χ0v) is 17.1. The fourth-order valence-electron chi connectivity index (χ4n) is 2.89. The summed E-state index contributed by atoms with van der Waals surface area (Å²) in [5.74, 6) is 0.229. The second-order valence-corrected chi connectivity index (χ2v) is 8.65. The van der Waals surface area contributed by atoms with Gasteiger partial charge in [0.2, 0.25) is 5.91 Å². The summed E-state index contributed by atoms with van der Waals surface area (Å²) in [7, 11) is 0. The lowest BCUT2D eigenvalue weighted by Gasteiger charge is -2.22. The summed E-state index contributed by atoms with van der Waals surface area (Å²) >= 11 is 1.25. The van der Waals surface area contributed by atoms with Crippen LogP contribution in [0.15, 0.2) is 0 Å². The van der Waals surface area contributed by atoms with Crippen LogP contribution in [0.3, 0.4) is 0 Å². The van der Waals surface area contributed by atoms with Gasteiger partial charge >= 0.3 is 0 Å². The summed E-state index contributed by atoms with van der Waals surface area (Å²) in [6.45, 7) is 8.44. The third kappa shape index (κ3) is 8.45. The minimum absolute atomic E-state index is 0.00755. The molecule has 0 bridgehead atoms. The Balaban J connectivity index is 2.19. The molecule has 1 saturated carbocycles. The standard InChI is InChI=1S/C19H32N2O4S/c1-12(2)19(25)15(21-13(3)4)7-5-6-8-20-18(24)11-26-17-10-14(22)9-16(17)23/h12-13,15,17,21H,5-11H2,1-4H3,(H,20,24). The van der Waals surface area contributed by atoms with Crippen molar-refractivity contribution in [3.63, 3.8) is 0 Å². The predicted molar refractivity (Wildman–Crippen MR) is 104 cm³/mol. The number of unbranched alkanes of at least 4 members (excludes halogenated alkanes) is 1. The summed E-state index contributed by atoms with van der Waals surface area (Å²) in [6.07, 6.45) is 2.69. The predicted octanol–water partition coefficient (Wildman–Crippen LogP) is 1.90. The molecule has 0 heterocycles. The van der Waals surface area contributed by atoms with E-state index in [9.17, 15) is 19.2 Å². The minimum atomic E-state index is -0.349. The van der Waals surface area contributed by atoms with E-state index in [2.05, 4.69) is 10.6 Å². The van der Waals surface area contributed by atoms with Gasteiger partial charge in [0.25, 0.3) is 0 Å². The van der Waals surface area contributed by atoms with Crippen LogP contribution < -0.4 is 10.6 Å². The molecule has 6 nitrogen and oxygen atoms in total. The number of rotatable bonds is 12. The molecule has 1 aliphatic carbocycles. The number of nitrogens with one attached hydrogen (secondary N) is 2. The first-order valence-electron chi connectivity index (χ1n) is 9.43. The molecule has 1 fully saturated rings. The maximum Gasteiger partial charge on any atom is 0.230 e. The first-order chi connectivity index (χ1) is 12.2. The lowest BCUT2D eigenvalue weighted by Crippen LogP contribution is -2.42. The second-order valence-electron chi connectivity index (χ2n) is 7.46. The van der Waals surface area contributed by atoms with Gasteiger partial charge in [0.15, 0.2) is 11.6 Å². The number of carbonyl (C=O) groups is 4. The Morgan fingerprint density at radius 3 is 2.38 bits per heavy atom. The Kier molecular flexibility index (Phi) is 10.1. The highest BCUT2D eigenvalue weighted by molar-refractivity contribution is 8.01. The smallest absolute Gasteiger partial charge is 0.230 e. The first-order valence-corrected chi connectivity index (χ1v) is 10.5. The van der Waals surface area contributed by atoms with E-state index in [0.717, 1.165) is 19.3 Å². The molecular formula is C19H32N2O4S. The van der Waals surface area contributed by atoms with Crippen molar-refractivity contribution in [1.82, 2.24) is 10.6 Å². The van der Waals surface area contributed by atoms with Crippen LogP contribution in [0.4, 0.5) is 0 Å². The topological polar surface area (TPSA) is 92.3 Å². The van der Waals surface area contributed by atoms with E-state index < -0.39 is 0 Å². The molecule has 0 aliphatic heterocycles. The van der Waals surface area contributed by atoms with Crippen molar-refractivity contribution < 1.29 is 19.2 Å². The Hall–Kier alpha value is -1.21. The van der Waals surface area contributed by atoms with Crippen LogP contribution in [0, 0.1) is 5.92 Å². The summed E-state index contributed by atoms with van der Waals surface area (Å²) in [5.41, 5.74) is 0. The van der Waals surface area contributed by atoms with Crippen molar-refractivity contribution in [3.05, 3.63) is 0 Å². The number of carbonyl (C=O) groups excluding carboxylic acids is 4. The van der Waals surface area contributed by atoms with Gasteiger partial charge in [0.05, 0.1) is 23.5 Å². The molecular weight excluding hydrogens is 352 g/mol. The van der Waals surface area contributed by atoms with Gasteiger partial charge in [0, 0.05) is 24.9 Å². The van der Waals surface area contributed by atoms with Crippen molar-refractivity contribution in [1.29, 1.82) is 0 Å². The monoisotopic (exact) mass is 384 g/mol. The molecule has 2 atom stereocenters. The number of hydrogen-bond donors (Lipinski definition) is 2. The zero-order valence-electron chi connectivity index (χ0n) is 16.3. The van der Waals surface area contributed by atoms with Gasteiger partial charge in [-0.3, -0.25) is 19.2 Å². The molecule has 0 radical (unpaired) electrons. The van der Waals surface area contributed by atoms with Crippen LogP contribution in [0.25, 0.3) is 0 Å². The molecule has 1 rings (SSSR count). The zero-order chi connectivity index (χ0) is 19.7. The summed E-state index contributed by atoms with van der Waals surface area (Å²) in [5, 5.41) is 5.81. The highest BCUT2D eigenvalue weighted by Crippen LogP contribution is 2.24. The maximum atomic E-state index is 12.2. The maximum absolute atomic E-state index is 12.2. The van der Waals surface area contributed by atoms with Crippen molar-refractivity contribution in [2.75, 3.05) is 12.3 Å². The van der Waals surface area contributed by atoms with Crippen molar-refractivity contribution in [2.45, 2.75) is 77.1 Å². The Bertz CT molecular complexity index is 520. The fourth-order valence-corrected chi connectivity index (χ4v) is 3.92. The average Bonchev–Trinajstić information content (AvgIpc) is 2.87. The Morgan fingerprint density at radius 2 is 1.85 bits per heavy atom. The molecule has 0 aromatic rings. The lowest BCUT2D eigenvalue weighted by atomic mass is 9.96. The Morgan fingerprint density at radius 1 is 1.15 bits per heavy atom. The number of Topliss-reactive ketones (excluding diaryl/α,β-unsaturated/α-hetero) is 3. The van der Waals surface area contributed by atoms with E-state index in [1.807, 2.05) is 27.7 Å². The van der Waals surface area contributed by atoms with Crippen LogP contribution in [0.1, 0.15) is 59.8 Å². The number of amides is 1.